The summed E-state index contributed by atoms with van der Waals surface area (Å²) in [5.74, 6) is 0.686. The summed E-state index contributed by atoms with van der Waals surface area (Å²) in [6, 6.07) is 7.15. The summed E-state index contributed by atoms with van der Waals surface area (Å²) in [4.78, 5) is 2.69. The second-order valence-corrected chi connectivity index (χ2v) is 7.04. The fourth-order valence-electron chi connectivity index (χ4n) is 4.62. The van der Waals surface area contributed by atoms with Crippen molar-refractivity contribution in [1.29, 1.82) is 0 Å². The summed E-state index contributed by atoms with van der Waals surface area (Å²) in [6.07, 6.45) is 11.5. The van der Waals surface area contributed by atoms with Gasteiger partial charge in [0.15, 0.2) is 0 Å². The first-order valence-corrected chi connectivity index (χ1v) is 8.71. The molecule has 1 unspecified atom stereocenters. The lowest BCUT2D eigenvalue weighted by Gasteiger charge is -2.53. The van der Waals surface area contributed by atoms with Crippen LogP contribution in [0.15, 0.2) is 30.9 Å². The molecule has 0 aromatic heterocycles. The quantitative estimate of drug-likeness (QED) is 0.667. The zero-order valence-electron chi connectivity index (χ0n) is 13.7. The van der Waals surface area contributed by atoms with Crippen LogP contribution in [0.5, 0.6) is 0 Å². The van der Waals surface area contributed by atoms with E-state index in [1.54, 1.807) is 5.56 Å². The van der Waals surface area contributed by atoms with Crippen LogP contribution in [0.1, 0.15) is 69.4 Å². The summed E-state index contributed by atoms with van der Waals surface area (Å²) in [5.41, 5.74) is 4.91. The maximum absolute atomic E-state index is 4.02. The third-order valence-corrected chi connectivity index (χ3v) is 5.68. The second-order valence-electron chi connectivity index (χ2n) is 7.04. The van der Waals surface area contributed by atoms with Gasteiger partial charge in [0.1, 0.15) is 0 Å². The van der Waals surface area contributed by atoms with Crippen LogP contribution < -0.4 is 4.90 Å². The van der Waals surface area contributed by atoms with Gasteiger partial charge in [-0.25, -0.2) is 0 Å². The number of rotatable bonds is 3. The van der Waals surface area contributed by atoms with E-state index in [1.165, 1.54) is 49.8 Å². The van der Waals surface area contributed by atoms with E-state index in [0.29, 0.717) is 11.5 Å². The van der Waals surface area contributed by atoms with Crippen molar-refractivity contribution in [3.05, 3.63) is 42.0 Å². The van der Waals surface area contributed by atoms with E-state index in [-0.39, 0.29) is 0 Å². The molecule has 2 aliphatic rings. The Morgan fingerprint density at radius 1 is 1.29 bits per heavy atom. The minimum Gasteiger partial charge on any atom is -0.362 e. The molecule has 0 N–H and O–H groups in total. The van der Waals surface area contributed by atoms with Crippen LogP contribution in [0.3, 0.4) is 0 Å². The minimum absolute atomic E-state index is 0.395. The van der Waals surface area contributed by atoms with E-state index in [2.05, 4.69) is 49.6 Å². The summed E-state index contributed by atoms with van der Waals surface area (Å²) in [6.45, 7) is 9.69. The van der Waals surface area contributed by atoms with Crippen LogP contribution in [0.4, 0.5) is 5.69 Å². The lowest BCUT2D eigenvalue weighted by Crippen LogP contribution is -2.53. The van der Waals surface area contributed by atoms with Gasteiger partial charge in [-0.2, -0.15) is 0 Å². The molecular weight excluding hydrogens is 254 g/mol. The maximum atomic E-state index is 4.02. The maximum Gasteiger partial charge on any atom is 0.0411 e. The molecule has 3 rings (SSSR count). The van der Waals surface area contributed by atoms with Crippen LogP contribution in [0.25, 0.3) is 0 Å². The third-order valence-electron chi connectivity index (χ3n) is 5.68. The van der Waals surface area contributed by atoms with Crippen molar-refractivity contribution < 1.29 is 0 Å². The fourth-order valence-corrected chi connectivity index (χ4v) is 4.62. The summed E-state index contributed by atoms with van der Waals surface area (Å²) < 4.78 is 0. The van der Waals surface area contributed by atoms with Crippen LogP contribution in [-0.4, -0.2) is 12.1 Å². The van der Waals surface area contributed by atoms with Crippen molar-refractivity contribution in [2.45, 2.75) is 70.3 Å². The Labute approximate surface area is 130 Å². The molecule has 1 saturated carbocycles. The largest absolute Gasteiger partial charge is 0.362 e. The molecule has 1 heteroatoms. The van der Waals surface area contributed by atoms with E-state index in [9.17, 15) is 0 Å². The Morgan fingerprint density at radius 2 is 2.05 bits per heavy atom. The smallest absolute Gasteiger partial charge is 0.0411 e. The molecule has 1 aromatic rings. The van der Waals surface area contributed by atoms with E-state index >= 15 is 0 Å². The van der Waals surface area contributed by atoms with Crippen molar-refractivity contribution in [1.82, 2.24) is 0 Å². The number of hydrogen-bond acceptors (Lipinski definition) is 1. The Hall–Kier alpha value is -1.24. The molecule has 1 nitrogen and oxygen atoms in total. The molecule has 21 heavy (non-hydrogen) atoms. The molecule has 1 atom stereocenters. The van der Waals surface area contributed by atoms with Gasteiger partial charge in [-0.3, -0.25) is 0 Å². The Morgan fingerprint density at radius 3 is 2.71 bits per heavy atom. The summed E-state index contributed by atoms with van der Waals surface area (Å²) in [7, 11) is 0. The first kappa shape index (κ1) is 14.7. The lowest BCUT2D eigenvalue weighted by molar-refractivity contribution is 0.238. The van der Waals surface area contributed by atoms with Gasteiger partial charge in [-0.1, -0.05) is 51.3 Å². The average Bonchev–Trinajstić information content (AvgIpc) is 2.52. The van der Waals surface area contributed by atoms with E-state index in [0.717, 1.165) is 13.0 Å². The van der Waals surface area contributed by atoms with Crippen molar-refractivity contribution in [2.75, 3.05) is 11.4 Å². The molecule has 1 aromatic carbocycles. The first-order chi connectivity index (χ1) is 10.2. The summed E-state index contributed by atoms with van der Waals surface area (Å²) >= 11 is 0. The molecule has 0 radical (unpaired) electrons. The number of benzene rings is 1. The van der Waals surface area contributed by atoms with Gasteiger partial charge in [0, 0.05) is 17.8 Å². The van der Waals surface area contributed by atoms with Gasteiger partial charge in [-0.15, -0.1) is 6.58 Å². The van der Waals surface area contributed by atoms with Gasteiger partial charge in [0.25, 0.3) is 0 Å². The van der Waals surface area contributed by atoms with Gasteiger partial charge in [-0.05, 0) is 48.8 Å². The molecule has 1 spiro atoms. The van der Waals surface area contributed by atoms with E-state index in [4.69, 9.17) is 0 Å². The zero-order chi connectivity index (χ0) is 14.9. The molecule has 1 aliphatic carbocycles. The number of nitrogens with zero attached hydrogens (tertiary/aromatic N) is 1. The highest BCUT2D eigenvalue weighted by Crippen LogP contribution is 2.49. The van der Waals surface area contributed by atoms with Crippen molar-refractivity contribution >= 4 is 5.69 Å². The first-order valence-electron chi connectivity index (χ1n) is 8.71. The molecule has 114 valence electrons. The standard InChI is InChI=1S/C20H29N/c1-4-13-21-19-10-9-17(5-2)14-18(19)16(3)15-20(21)11-7-6-8-12-20/h4,9-10,14,16H,1,5-8,11-13,15H2,2-3H3. The molecular formula is C20H29N. The van der Waals surface area contributed by atoms with Gasteiger partial charge >= 0.3 is 0 Å². The molecule has 1 heterocycles. The lowest BCUT2D eigenvalue weighted by atomic mass is 9.70. The Balaban J connectivity index is 2.05. The highest BCUT2D eigenvalue weighted by Gasteiger charge is 2.43. The fraction of sp³-hybridized carbons (Fsp3) is 0.600. The molecule has 0 bridgehead atoms. The predicted octanol–water partition coefficient (Wildman–Crippen LogP) is 5.45. The Bertz CT molecular complexity index is 511. The van der Waals surface area contributed by atoms with Crippen molar-refractivity contribution in [2.24, 2.45) is 0 Å². The summed E-state index contributed by atoms with van der Waals surface area (Å²) in [5, 5.41) is 0. The molecule has 0 saturated heterocycles. The number of fused-ring (bicyclic) bond motifs is 1. The van der Waals surface area contributed by atoms with Crippen LogP contribution in [0, 0.1) is 0 Å². The van der Waals surface area contributed by atoms with Crippen molar-refractivity contribution in [3.8, 4) is 0 Å². The molecule has 1 fully saturated rings. The second kappa shape index (κ2) is 5.87. The molecule has 0 amide bonds. The topological polar surface area (TPSA) is 3.24 Å². The van der Waals surface area contributed by atoms with Crippen LogP contribution in [0.2, 0.25) is 0 Å². The number of hydrogen-bond donors (Lipinski definition) is 0. The van der Waals surface area contributed by atoms with Crippen molar-refractivity contribution in [3.63, 3.8) is 0 Å². The normalized spacial score (nSPS) is 23.9. The van der Waals surface area contributed by atoms with Gasteiger partial charge < -0.3 is 4.90 Å². The minimum atomic E-state index is 0.395. The number of anilines is 1. The van der Waals surface area contributed by atoms with Crippen LogP contribution >= 0.6 is 0 Å². The highest BCUT2D eigenvalue weighted by molar-refractivity contribution is 5.61. The van der Waals surface area contributed by atoms with E-state index < -0.39 is 0 Å². The highest BCUT2D eigenvalue weighted by atomic mass is 15.2. The monoisotopic (exact) mass is 283 g/mol. The molecule has 1 aliphatic heterocycles. The van der Waals surface area contributed by atoms with Crippen LogP contribution in [-0.2, 0) is 6.42 Å². The predicted molar refractivity (Wildman–Crippen MR) is 92.2 cm³/mol. The Kier molecular flexibility index (Phi) is 4.10. The van der Waals surface area contributed by atoms with Gasteiger partial charge in [0.2, 0.25) is 0 Å². The van der Waals surface area contributed by atoms with E-state index in [1.807, 2.05) is 0 Å². The zero-order valence-corrected chi connectivity index (χ0v) is 13.7. The van der Waals surface area contributed by atoms with Gasteiger partial charge in [0.05, 0.1) is 0 Å². The average molecular weight is 283 g/mol. The third kappa shape index (κ3) is 2.52. The SMILES string of the molecule is C=CCN1c2ccc(CC)cc2C(C)CC12CCCCC2. The number of aryl methyl sites for hydroxylation is 1.